The van der Waals surface area contributed by atoms with Crippen LogP contribution in [0.25, 0.3) is 0 Å². The van der Waals surface area contributed by atoms with E-state index in [0.717, 1.165) is 16.9 Å². The summed E-state index contributed by atoms with van der Waals surface area (Å²) in [5.74, 6) is -0.523. The fraction of sp³-hybridized carbons (Fsp3) is 0.383. The van der Waals surface area contributed by atoms with Crippen LogP contribution >= 0.6 is 0 Å². The molecule has 6 nitrogen and oxygen atoms in total. The molecule has 0 saturated heterocycles. The lowest BCUT2D eigenvalue weighted by Crippen LogP contribution is -2.34. The van der Waals surface area contributed by atoms with Gasteiger partial charge in [-0.15, -0.1) is 0 Å². The molecule has 0 spiro atoms. The highest BCUT2D eigenvalue weighted by Gasteiger charge is 2.42. The van der Waals surface area contributed by atoms with E-state index in [1.165, 1.54) is 29.4 Å². The summed E-state index contributed by atoms with van der Waals surface area (Å²) in [5, 5.41) is 12.8. The minimum absolute atomic E-state index is 0.0546. The summed E-state index contributed by atoms with van der Waals surface area (Å²) in [4.78, 5) is 29.7. The quantitative estimate of drug-likeness (QED) is 0.0610. The molecule has 0 saturated carbocycles. The number of carbonyl (C=O) groups excluding carboxylic acids is 2. The Morgan fingerprint density at radius 1 is 0.717 bits per heavy atom. The number of hydrogen-bond acceptors (Lipinski definition) is 5. The summed E-state index contributed by atoms with van der Waals surface area (Å²) in [5.41, 5.74) is 8.42. The lowest BCUT2D eigenvalue weighted by molar-refractivity contribution is -0.430. The number of rotatable bonds is 14. The first kappa shape index (κ1) is 39.2. The zero-order valence-electron chi connectivity index (χ0n) is 33.0. The third kappa shape index (κ3) is 8.48. The molecule has 0 aliphatic carbocycles. The van der Waals surface area contributed by atoms with E-state index in [1.54, 1.807) is 18.2 Å². The molecular formula is C47H57N2O4+. The van der Waals surface area contributed by atoms with Gasteiger partial charge in [0.05, 0.1) is 13.0 Å². The van der Waals surface area contributed by atoms with Crippen molar-refractivity contribution in [2.75, 3.05) is 25.1 Å². The minimum atomic E-state index is -0.885. The molecule has 0 amide bonds. The number of anilines is 1. The Morgan fingerprint density at radius 2 is 1.21 bits per heavy atom. The molecule has 6 heteroatoms. The van der Waals surface area contributed by atoms with Gasteiger partial charge in [-0.1, -0.05) is 152 Å². The lowest BCUT2D eigenvalue weighted by Gasteiger charge is -2.25. The first-order valence-electron chi connectivity index (χ1n) is 19.1. The number of benzene rings is 4. The third-order valence-corrected chi connectivity index (χ3v) is 10.5. The highest BCUT2D eigenvalue weighted by Crippen LogP contribution is 2.42. The van der Waals surface area contributed by atoms with Gasteiger partial charge in [0, 0.05) is 40.2 Å². The van der Waals surface area contributed by atoms with Crippen molar-refractivity contribution < 1.29 is 24.0 Å². The van der Waals surface area contributed by atoms with Gasteiger partial charge in [-0.25, -0.2) is 9.48 Å². The van der Waals surface area contributed by atoms with Gasteiger partial charge in [-0.2, -0.15) is 0 Å². The standard InChI is InChI=1S/C47H56N2O4/c1-30(2)36-22-16-23-37(31(3)4)44(36)48-26-27-49(45-38(32(5)6)24-17-25-39(45)33(7)8)46(48)43(51)28-40(34-18-12-10-13-19-34)41(47(52)53-9)29-42(50)35-20-14-11-15-21-35/h10-25,28,30-33,40-41H,26-27,29H2,1-9H3/p+1/b43-28-/t40-,41+/m1/s1. The van der Waals surface area contributed by atoms with Crippen LogP contribution in [0, 0.1) is 5.92 Å². The van der Waals surface area contributed by atoms with Crippen molar-refractivity contribution in [3.63, 3.8) is 0 Å². The Labute approximate surface area is 316 Å². The number of Topliss-reactive ketones (excluding diaryl/α,β-unsaturated/α-hetero) is 1. The highest BCUT2D eigenvalue weighted by molar-refractivity contribution is 6.07. The van der Waals surface area contributed by atoms with E-state index in [0.29, 0.717) is 24.5 Å². The first-order chi connectivity index (χ1) is 25.3. The maximum Gasteiger partial charge on any atom is 0.325 e. The summed E-state index contributed by atoms with van der Waals surface area (Å²) in [6, 6.07) is 31.8. The zero-order chi connectivity index (χ0) is 38.4. The number of esters is 1. The second-order valence-corrected chi connectivity index (χ2v) is 15.4. The molecule has 0 bridgehead atoms. The predicted molar refractivity (Wildman–Crippen MR) is 217 cm³/mol. The van der Waals surface area contributed by atoms with Crippen LogP contribution in [0.3, 0.4) is 0 Å². The van der Waals surface area contributed by atoms with Crippen LogP contribution in [-0.4, -0.2) is 47.5 Å². The van der Waals surface area contributed by atoms with Gasteiger partial charge in [-0.05, 0) is 35.3 Å². The molecule has 1 N–H and O–H groups in total. The highest BCUT2D eigenvalue weighted by atomic mass is 16.5. The Hall–Kier alpha value is -4.97. The van der Waals surface area contributed by atoms with Crippen LogP contribution in [0.15, 0.2) is 109 Å². The Kier molecular flexibility index (Phi) is 12.8. The average molecular weight is 714 g/mol. The number of allylic oxidation sites excluding steroid dienone is 1. The first-order valence-corrected chi connectivity index (χ1v) is 19.1. The van der Waals surface area contributed by atoms with Gasteiger partial charge in [0.25, 0.3) is 0 Å². The number of carbonyl (C=O) groups is 2. The summed E-state index contributed by atoms with van der Waals surface area (Å²) < 4.78 is 7.67. The van der Waals surface area contributed by atoms with Crippen molar-refractivity contribution in [1.29, 1.82) is 0 Å². The molecule has 4 aromatic rings. The van der Waals surface area contributed by atoms with Gasteiger partial charge >= 0.3 is 11.8 Å². The number of ether oxygens (including phenoxy) is 1. The second-order valence-electron chi connectivity index (χ2n) is 15.4. The largest absolute Gasteiger partial charge is 0.501 e. The van der Waals surface area contributed by atoms with Crippen molar-refractivity contribution >= 4 is 29.0 Å². The van der Waals surface area contributed by atoms with Gasteiger partial charge in [0.2, 0.25) is 5.76 Å². The molecule has 1 aliphatic rings. The Balaban J connectivity index is 1.82. The number of aliphatic hydroxyl groups is 1. The molecule has 0 fully saturated rings. The SMILES string of the molecule is COC(=O)[C@@H](CC(=O)c1ccccc1)[C@H](/C=C(\O)C1=[N+](c2c(C(C)C)cccc2C(C)C)CCN1c1c(C(C)C)cccc1C(C)C)c1ccccc1. The number of ketones is 1. The van der Waals surface area contributed by atoms with E-state index >= 15 is 0 Å². The molecule has 1 aliphatic heterocycles. The number of nitrogens with zero attached hydrogens (tertiary/aromatic N) is 2. The van der Waals surface area contributed by atoms with Crippen molar-refractivity contribution in [2.45, 2.75) is 91.4 Å². The van der Waals surface area contributed by atoms with E-state index in [4.69, 9.17) is 4.74 Å². The monoisotopic (exact) mass is 713 g/mol. The number of para-hydroxylation sites is 2. The van der Waals surface area contributed by atoms with Crippen LogP contribution in [-0.2, 0) is 9.53 Å². The van der Waals surface area contributed by atoms with Crippen LogP contribution in [0.5, 0.6) is 0 Å². The van der Waals surface area contributed by atoms with Gasteiger partial charge < -0.3 is 9.84 Å². The maximum atomic E-state index is 13.7. The summed E-state index contributed by atoms with van der Waals surface area (Å²) in [6.45, 7) is 19.0. The van der Waals surface area contributed by atoms with E-state index < -0.39 is 17.8 Å². The molecule has 0 aromatic heterocycles. The Bertz CT molecular complexity index is 1900. The molecule has 0 radical (unpaired) electrons. The van der Waals surface area contributed by atoms with Gasteiger partial charge in [0.15, 0.2) is 5.78 Å². The van der Waals surface area contributed by atoms with Crippen molar-refractivity contribution in [3.05, 3.63) is 142 Å². The zero-order valence-corrected chi connectivity index (χ0v) is 33.0. The van der Waals surface area contributed by atoms with Crippen molar-refractivity contribution in [2.24, 2.45) is 5.92 Å². The molecule has 53 heavy (non-hydrogen) atoms. The van der Waals surface area contributed by atoms with E-state index in [9.17, 15) is 14.7 Å². The average Bonchev–Trinajstić information content (AvgIpc) is 3.60. The number of hydrogen-bond donors (Lipinski definition) is 1. The summed E-state index contributed by atoms with van der Waals surface area (Å²) in [7, 11) is 1.36. The maximum absolute atomic E-state index is 13.7. The minimum Gasteiger partial charge on any atom is -0.501 e. The molecule has 5 rings (SSSR count). The van der Waals surface area contributed by atoms with E-state index in [1.807, 2.05) is 48.5 Å². The third-order valence-electron chi connectivity index (χ3n) is 10.5. The molecule has 2 atom stereocenters. The van der Waals surface area contributed by atoms with Gasteiger partial charge in [-0.3, -0.25) is 9.59 Å². The molecular weight excluding hydrogens is 657 g/mol. The fourth-order valence-corrected chi connectivity index (χ4v) is 7.73. The van der Waals surface area contributed by atoms with E-state index in [-0.39, 0.29) is 41.6 Å². The van der Waals surface area contributed by atoms with Crippen LogP contribution in [0.4, 0.5) is 11.4 Å². The lowest BCUT2D eigenvalue weighted by atomic mass is 9.81. The normalized spacial score (nSPS) is 14.8. The molecule has 1 heterocycles. The van der Waals surface area contributed by atoms with E-state index in [2.05, 4.69) is 101 Å². The second kappa shape index (κ2) is 17.2. The Morgan fingerprint density at radius 3 is 1.70 bits per heavy atom. The predicted octanol–water partition coefficient (Wildman–Crippen LogP) is 11.0. The van der Waals surface area contributed by atoms with Crippen molar-refractivity contribution in [3.8, 4) is 0 Å². The van der Waals surface area contributed by atoms with Crippen LogP contribution in [0.1, 0.15) is 130 Å². The number of amidine groups is 1. The topological polar surface area (TPSA) is 69.9 Å². The van der Waals surface area contributed by atoms with Crippen LogP contribution < -0.4 is 4.90 Å². The number of aliphatic hydroxyl groups excluding tert-OH is 1. The van der Waals surface area contributed by atoms with Crippen LogP contribution in [0.2, 0.25) is 0 Å². The fourth-order valence-electron chi connectivity index (χ4n) is 7.73. The number of methoxy groups -OCH3 is 1. The molecule has 4 aromatic carbocycles. The summed E-state index contributed by atoms with van der Waals surface area (Å²) in [6.07, 6.45) is 1.71. The van der Waals surface area contributed by atoms with Gasteiger partial charge in [0.1, 0.15) is 24.5 Å². The smallest absolute Gasteiger partial charge is 0.325 e. The molecule has 0 unspecified atom stereocenters. The molecule has 278 valence electrons. The van der Waals surface area contributed by atoms with Crippen molar-refractivity contribution in [1.82, 2.24) is 0 Å². The summed E-state index contributed by atoms with van der Waals surface area (Å²) >= 11 is 0.